The Morgan fingerprint density at radius 2 is 2.12 bits per heavy atom. The Bertz CT molecular complexity index is 533. The zero-order chi connectivity index (χ0) is 11.7. The van der Waals surface area contributed by atoms with Gasteiger partial charge in [-0.3, -0.25) is 4.98 Å². The van der Waals surface area contributed by atoms with Crippen molar-refractivity contribution in [1.82, 2.24) is 14.5 Å². The number of halogens is 1. The molecule has 0 N–H and O–H groups in total. The smallest absolute Gasteiger partial charge is 0.0998 e. The molecule has 1 aliphatic carbocycles. The number of aryl methyl sites for hydroxylation is 1. The summed E-state index contributed by atoms with van der Waals surface area (Å²) in [5.41, 5.74) is 4.69. The second-order valence-electron chi connectivity index (χ2n) is 4.40. The van der Waals surface area contributed by atoms with Gasteiger partial charge in [-0.1, -0.05) is 0 Å². The molecule has 0 radical (unpaired) electrons. The number of pyridine rings is 1. The second-order valence-corrected chi connectivity index (χ2v) is 4.67. The fraction of sp³-hybridized carbons (Fsp3) is 0.385. The lowest BCUT2D eigenvalue weighted by Crippen LogP contribution is -2.07. The molecule has 1 aliphatic rings. The molecule has 0 atom stereocenters. The second kappa shape index (κ2) is 4.49. The molecule has 4 heteroatoms. The van der Waals surface area contributed by atoms with Crippen molar-refractivity contribution in [2.75, 3.05) is 0 Å². The van der Waals surface area contributed by atoms with Crippen LogP contribution >= 0.6 is 11.6 Å². The van der Waals surface area contributed by atoms with E-state index in [1.54, 1.807) is 6.20 Å². The first-order chi connectivity index (χ1) is 8.38. The third-order valence-corrected chi connectivity index (χ3v) is 3.55. The highest BCUT2D eigenvalue weighted by Crippen LogP contribution is 2.23. The van der Waals surface area contributed by atoms with E-state index in [-0.39, 0.29) is 0 Å². The molecule has 17 heavy (non-hydrogen) atoms. The van der Waals surface area contributed by atoms with E-state index in [9.17, 15) is 0 Å². The van der Waals surface area contributed by atoms with Crippen LogP contribution < -0.4 is 0 Å². The van der Waals surface area contributed by atoms with Crippen molar-refractivity contribution >= 4 is 11.6 Å². The van der Waals surface area contributed by atoms with Crippen molar-refractivity contribution in [1.29, 1.82) is 0 Å². The van der Waals surface area contributed by atoms with Crippen molar-refractivity contribution in [3.63, 3.8) is 0 Å². The highest BCUT2D eigenvalue weighted by atomic mass is 35.5. The molecule has 2 heterocycles. The summed E-state index contributed by atoms with van der Waals surface area (Å²) in [6.45, 7) is 0. The van der Waals surface area contributed by atoms with E-state index in [0.29, 0.717) is 5.88 Å². The molecule has 2 aromatic rings. The van der Waals surface area contributed by atoms with Crippen molar-refractivity contribution in [2.24, 2.45) is 0 Å². The van der Waals surface area contributed by atoms with E-state index in [2.05, 4.69) is 20.6 Å². The Morgan fingerprint density at radius 3 is 3.00 bits per heavy atom. The molecule has 2 aromatic heterocycles. The van der Waals surface area contributed by atoms with E-state index in [0.717, 1.165) is 24.1 Å². The Morgan fingerprint density at radius 1 is 1.24 bits per heavy atom. The lowest BCUT2D eigenvalue weighted by molar-refractivity contribution is 0.655. The number of nitrogens with zero attached hydrogens (tertiary/aromatic N) is 3. The molecular formula is C13H14ClN3. The molecule has 88 valence electrons. The summed E-state index contributed by atoms with van der Waals surface area (Å²) >= 11 is 5.84. The van der Waals surface area contributed by atoms with Crippen molar-refractivity contribution in [3.8, 4) is 5.69 Å². The van der Waals surface area contributed by atoms with Crippen molar-refractivity contribution in [2.45, 2.75) is 31.6 Å². The molecule has 0 unspecified atom stereocenters. The number of aromatic nitrogens is 3. The van der Waals surface area contributed by atoms with E-state index in [4.69, 9.17) is 11.6 Å². The molecule has 0 spiro atoms. The molecule has 0 aliphatic heterocycles. The van der Waals surface area contributed by atoms with Gasteiger partial charge in [0.15, 0.2) is 0 Å². The average Bonchev–Trinajstić information content (AvgIpc) is 2.82. The normalized spacial score (nSPS) is 14.6. The van der Waals surface area contributed by atoms with Gasteiger partial charge < -0.3 is 4.57 Å². The lowest BCUT2D eigenvalue weighted by atomic mass is 10.0. The summed E-state index contributed by atoms with van der Waals surface area (Å²) in [5, 5.41) is 0. The van der Waals surface area contributed by atoms with Crippen LogP contribution in [-0.2, 0) is 18.7 Å². The topological polar surface area (TPSA) is 30.7 Å². The number of imidazole rings is 1. The van der Waals surface area contributed by atoms with Gasteiger partial charge in [0.25, 0.3) is 0 Å². The number of hydrogen-bond acceptors (Lipinski definition) is 2. The van der Waals surface area contributed by atoms with Gasteiger partial charge >= 0.3 is 0 Å². The minimum Gasteiger partial charge on any atom is -0.301 e. The van der Waals surface area contributed by atoms with Gasteiger partial charge in [0.2, 0.25) is 0 Å². The predicted molar refractivity (Wildman–Crippen MR) is 67.6 cm³/mol. The van der Waals surface area contributed by atoms with E-state index >= 15 is 0 Å². The van der Waals surface area contributed by atoms with Crippen LogP contribution in [0.25, 0.3) is 5.69 Å². The first-order valence-electron chi connectivity index (χ1n) is 5.94. The van der Waals surface area contributed by atoms with Crippen LogP contribution in [0.4, 0.5) is 0 Å². The van der Waals surface area contributed by atoms with Crippen LogP contribution in [-0.4, -0.2) is 14.5 Å². The fourth-order valence-corrected chi connectivity index (χ4v) is 2.52. The van der Waals surface area contributed by atoms with E-state index < -0.39 is 0 Å². The monoisotopic (exact) mass is 247 g/mol. The van der Waals surface area contributed by atoms with Gasteiger partial charge in [0.05, 0.1) is 23.9 Å². The summed E-state index contributed by atoms with van der Waals surface area (Å²) in [4.78, 5) is 8.72. The van der Waals surface area contributed by atoms with Crippen LogP contribution in [0.1, 0.15) is 29.8 Å². The molecular weight excluding hydrogens is 234 g/mol. The van der Waals surface area contributed by atoms with Gasteiger partial charge in [-0.2, -0.15) is 0 Å². The summed E-state index contributed by atoms with van der Waals surface area (Å²) < 4.78 is 2.15. The summed E-state index contributed by atoms with van der Waals surface area (Å²) in [7, 11) is 0. The van der Waals surface area contributed by atoms with Crippen LogP contribution in [0.5, 0.6) is 0 Å². The Kier molecular flexibility index (Phi) is 2.85. The SMILES string of the molecule is ClCc1cncc(-n2cnc3c2CCCC3)c1. The number of fused-ring (bicyclic) bond motifs is 1. The third-order valence-electron chi connectivity index (χ3n) is 3.24. The first-order valence-corrected chi connectivity index (χ1v) is 6.47. The minimum absolute atomic E-state index is 0.498. The maximum atomic E-state index is 5.84. The number of rotatable bonds is 2. The Balaban J connectivity index is 2.05. The largest absolute Gasteiger partial charge is 0.301 e. The van der Waals surface area contributed by atoms with Crippen LogP contribution in [0.2, 0.25) is 0 Å². The number of alkyl halides is 1. The predicted octanol–water partition coefficient (Wildman–Crippen LogP) is 2.88. The number of hydrogen-bond donors (Lipinski definition) is 0. The van der Waals surface area contributed by atoms with Crippen LogP contribution in [0.15, 0.2) is 24.8 Å². The van der Waals surface area contributed by atoms with Gasteiger partial charge in [0.1, 0.15) is 0 Å². The Labute approximate surface area is 105 Å². The highest BCUT2D eigenvalue weighted by molar-refractivity contribution is 6.17. The summed E-state index contributed by atoms with van der Waals surface area (Å²) in [6, 6.07) is 2.08. The van der Waals surface area contributed by atoms with Crippen LogP contribution in [0.3, 0.4) is 0 Å². The maximum absolute atomic E-state index is 5.84. The molecule has 0 saturated heterocycles. The zero-order valence-corrected chi connectivity index (χ0v) is 10.3. The maximum Gasteiger partial charge on any atom is 0.0998 e. The van der Waals surface area contributed by atoms with Crippen LogP contribution in [0, 0.1) is 0 Å². The van der Waals surface area contributed by atoms with E-state index in [1.807, 2.05) is 12.5 Å². The van der Waals surface area contributed by atoms with Gasteiger partial charge in [-0.15, -0.1) is 11.6 Å². The van der Waals surface area contributed by atoms with E-state index in [1.165, 1.54) is 24.2 Å². The summed E-state index contributed by atoms with van der Waals surface area (Å²) in [6.07, 6.45) is 10.3. The zero-order valence-electron chi connectivity index (χ0n) is 9.56. The first kappa shape index (κ1) is 10.8. The highest BCUT2D eigenvalue weighted by Gasteiger charge is 2.16. The fourth-order valence-electron chi connectivity index (χ4n) is 2.37. The molecule has 3 nitrogen and oxygen atoms in total. The van der Waals surface area contributed by atoms with Crippen molar-refractivity contribution < 1.29 is 0 Å². The quantitative estimate of drug-likeness (QED) is 0.764. The third kappa shape index (κ3) is 1.95. The standard InChI is InChI=1S/C13H14ClN3/c14-6-10-5-11(8-15-7-10)17-9-16-12-3-1-2-4-13(12)17/h5,7-9H,1-4,6H2. The minimum atomic E-state index is 0.498. The molecule has 0 fully saturated rings. The van der Waals surface area contributed by atoms with Crippen molar-refractivity contribution in [3.05, 3.63) is 41.7 Å². The molecule has 0 bridgehead atoms. The molecule has 3 rings (SSSR count). The Hall–Kier alpha value is -1.35. The molecule has 0 aromatic carbocycles. The molecule has 0 amide bonds. The van der Waals surface area contributed by atoms with Gasteiger partial charge in [-0.05, 0) is 37.3 Å². The summed E-state index contributed by atoms with van der Waals surface area (Å²) in [5.74, 6) is 0.498. The average molecular weight is 248 g/mol. The van der Waals surface area contributed by atoms with Gasteiger partial charge in [-0.25, -0.2) is 4.98 Å². The lowest BCUT2D eigenvalue weighted by Gasteiger charge is -2.14. The molecule has 0 saturated carbocycles. The van der Waals surface area contributed by atoms with Gasteiger partial charge in [0, 0.05) is 17.8 Å².